The van der Waals surface area contributed by atoms with Crippen LogP contribution in [0.1, 0.15) is 46.1 Å². The highest BCUT2D eigenvalue weighted by atomic mass is 35.5. The second-order valence-corrected chi connectivity index (χ2v) is 12.4. The standard InChI is InChI=1S/C36H35ClN4O2/c1-39(2)28-15-17-40(18-16-28)29-12-9-23(10-13-29)24-7-8-26-22-41(36(43)30(26)19-24)35(31-21-27(37)11-14-34(31)42)33-20-25-5-3-4-6-32(25)38-33/h3-14,19-21,28,35,38,42H,15-18,22H2,1-2H3. The Hall–Kier alpha value is -4.26. The number of fused-ring (bicyclic) bond motifs is 2. The van der Waals surface area contributed by atoms with Crippen molar-refractivity contribution >= 4 is 34.1 Å². The van der Waals surface area contributed by atoms with Gasteiger partial charge in [0.05, 0.1) is 0 Å². The second-order valence-electron chi connectivity index (χ2n) is 12.0. The lowest BCUT2D eigenvalue weighted by Gasteiger charge is -2.36. The van der Waals surface area contributed by atoms with Gasteiger partial charge in [-0.05, 0) is 97.5 Å². The van der Waals surface area contributed by atoms with E-state index < -0.39 is 6.04 Å². The van der Waals surface area contributed by atoms with Crippen molar-refractivity contribution in [1.82, 2.24) is 14.8 Å². The molecule has 218 valence electrons. The van der Waals surface area contributed by atoms with Gasteiger partial charge in [0.15, 0.2) is 0 Å². The van der Waals surface area contributed by atoms with Crippen LogP contribution in [0.5, 0.6) is 5.75 Å². The summed E-state index contributed by atoms with van der Waals surface area (Å²) in [6.45, 7) is 2.55. The number of hydrogen-bond donors (Lipinski definition) is 2. The minimum absolute atomic E-state index is 0.0692. The number of halogens is 1. The summed E-state index contributed by atoms with van der Waals surface area (Å²) >= 11 is 6.40. The van der Waals surface area contributed by atoms with Crippen LogP contribution in [0.25, 0.3) is 22.0 Å². The molecule has 5 aromatic rings. The van der Waals surface area contributed by atoms with Gasteiger partial charge in [0.2, 0.25) is 0 Å². The topological polar surface area (TPSA) is 62.8 Å². The lowest BCUT2D eigenvalue weighted by Crippen LogP contribution is -2.41. The van der Waals surface area contributed by atoms with Crippen LogP contribution < -0.4 is 4.90 Å². The summed E-state index contributed by atoms with van der Waals surface area (Å²) in [5.74, 6) is 0.0313. The van der Waals surface area contributed by atoms with Gasteiger partial charge >= 0.3 is 0 Å². The van der Waals surface area contributed by atoms with Gasteiger partial charge in [-0.3, -0.25) is 4.79 Å². The van der Waals surface area contributed by atoms with Crippen molar-refractivity contribution in [2.45, 2.75) is 31.5 Å². The Kier molecular flexibility index (Phi) is 7.12. The highest BCUT2D eigenvalue weighted by molar-refractivity contribution is 6.30. The summed E-state index contributed by atoms with van der Waals surface area (Å²) in [6, 6.07) is 30.0. The van der Waals surface area contributed by atoms with Crippen molar-refractivity contribution in [2.24, 2.45) is 0 Å². The third-order valence-corrected chi connectivity index (χ3v) is 9.38. The van der Waals surface area contributed by atoms with Crippen LogP contribution in [0.15, 0.2) is 91.0 Å². The van der Waals surface area contributed by atoms with E-state index in [2.05, 4.69) is 65.3 Å². The fourth-order valence-electron chi connectivity index (χ4n) is 6.71. The van der Waals surface area contributed by atoms with Crippen molar-refractivity contribution in [1.29, 1.82) is 0 Å². The zero-order valence-corrected chi connectivity index (χ0v) is 25.2. The Bertz CT molecular complexity index is 1770. The third kappa shape index (κ3) is 5.15. The summed E-state index contributed by atoms with van der Waals surface area (Å²) in [4.78, 5) is 24.2. The lowest BCUT2D eigenvalue weighted by molar-refractivity contribution is 0.0727. The van der Waals surface area contributed by atoms with Crippen molar-refractivity contribution < 1.29 is 9.90 Å². The van der Waals surface area contributed by atoms with E-state index in [1.54, 1.807) is 18.2 Å². The first kappa shape index (κ1) is 27.6. The fourth-order valence-corrected chi connectivity index (χ4v) is 6.89. The van der Waals surface area contributed by atoms with Crippen LogP contribution in [0.4, 0.5) is 5.69 Å². The molecule has 7 rings (SSSR count). The van der Waals surface area contributed by atoms with Gasteiger partial charge in [-0.1, -0.05) is 54.1 Å². The highest BCUT2D eigenvalue weighted by Gasteiger charge is 2.37. The number of phenolic OH excluding ortho intramolecular Hbond substituents is 1. The number of H-pyrrole nitrogens is 1. The molecular formula is C36H35ClN4O2. The average molecular weight is 591 g/mol. The van der Waals surface area contributed by atoms with Gasteiger partial charge in [0, 0.05) is 58.7 Å². The molecule has 1 fully saturated rings. The second kappa shape index (κ2) is 11.1. The van der Waals surface area contributed by atoms with E-state index in [1.165, 1.54) is 18.5 Å². The number of hydrogen-bond acceptors (Lipinski definition) is 4. The molecule has 1 amide bonds. The van der Waals surface area contributed by atoms with E-state index >= 15 is 0 Å². The van der Waals surface area contributed by atoms with Gasteiger partial charge in [-0.2, -0.15) is 0 Å². The molecule has 4 aromatic carbocycles. The Morgan fingerprint density at radius 1 is 0.907 bits per heavy atom. The molecule has 0 radical (unpaired) electrons. The number of carbonyl (C=O) groups is 1. The van der Waals surface area contributed by atoms with Crippen molar-refractivity contribution in [3.63, 3.8) is 0 Å². The first-order valence-electron chi connectivity index (χ1n) is 14.9. The summed E-state index contributed by atoms with van der Waals surface area (Å²) in [5, 5.41) is 12.5. The van der Waals surface area contributed by atoms with E-state index in [9.17, 15) is 9.90 Å². The molecule has 1 aromatic heterocycles. The number of rotatable bonds is 6. The normalized spacial score (nSPS) is 16.3. The number of piperidine rings is 1. The highest BCUT2D eigenvalue weighted by Crippen LogP contribution is 2.41. The molecule has 1 unspecified atom stereocenters. The van der Waals surface area contributed by atoms with Gasteiger partial charge in [-0.25, -0.2) is 0 Å². The average Bonchev–Trinajstić information content (AvgIpc) is 3.60. The molecular weight excluding hydrogens is 556 g/mol. The van der Waals surface area contributed by atoms with Crippen molar-refractivity contribution in [2.75, 3.05) is 32.1 Å². The molecule has 43 heavy (non-hydrogen) atoms. The van der Waals surface area contributed by atoms with Crippen LogP contribution >= 0.6 is 11.6 Å². The number of nitrogens with one attached hydrogen (secondary N) is 1. The molecule has 0 saturated carbocycles. The van der Waals surface area contributed by atoms with E-state index in [0.29, 0.717) is 28.7 Å². The minimum Gasteiger partial charge on any atom is -0.508 e. The van der Waals surface area contributed by atoms with Gasteiger partial charge in [0.25, 0.3) is 5.91 Å². The number of aromatic amines is 1. The Labute approximate surface area is 257 Å². The van der Waals surface area contributed by atoms with Crippen LogP contribution in [0.3, 0.4) is 0 Å². The van der Waals surface area contributed by atoms with E-state index in [4.69, 9.17) is 11.6 Å². The zero-order chi connectivity index (χ0) is 29.7. The van der Waals surface area contributed by atoms with Gasteiger partial charge < -0.3 is 24.8 Å². The molecule has 3 heterocycles. The number of aromatic hydroxyl groups is 1. The molecule has 6 nitrogen and oxygen atoms in total. The molecule has 2 N–H and O–H groups in total. The predicted octanol–water partition coefficient (Wildman–Crippen LogP) is 7.47. The summed E-state index contributed by atoms with van der Waals surface area (Å²) < 4.78 is 0. The number of aromatic nitrogens is 1. The largest absolute Gasteiger partial charge is 0.508 e. The van der Waals surface area contributed by atoms with Crippen LogP contribution in [0.2, 0.25) is 5.02 Å². The van der Waals surface area contributed by atoms with Crippen molar-refractivity contribution in [3.05, 3.63) is 118 Å². The Morgan fingerprint density at radius 2 is 1.65 bits per heavy atom. The lowest BCUT2D eigenvalue weighted by atomic mass is 9.99. The number of nitrogens with zero attached hydrogens (tertiary/aromatic N) is 3. The Morgan fingerprint density at radius 3 is 2.40 bits per heavy atom. The number of carbonyl (C=O) groups excluding carboxylic acids is 1. The maximum Gasteiger partial charge on any atom is 0.255 e. The number of anilines is 1. The van der Waals surface area contributed by atoms with Crippen LogP contribution in [-0.4, -0.2) is 59.0 Å². The zero-order valence-electron chi connectivity index (χ0n) is 24.4. The number of benzene rings is 4. The van der Waals surface area contributed by atoms with E-state index in [0.717, 1.165) is 46.4 Å². The van der Waals surface area contributed by atoms with Crippen LogP contribution in [-0.2, 0) is 6.54 Å². The number of phenols is 1. The number of para-hydroxylation sites is 1. The first-order valence-corrected chi connectivity index (χ1v) is 15.3. The molecule has 0 aliphatic carbocycles. The molecule has 1 saturated heterocycles. The van der Waals surface area contributed by atoms with Gasteiger partial charge in [-0.15, -0.1) is 0 Å². The quantitative estimate of drug-likeness (QED) is 0.215. The Balaban J connectivity index is 1.18. The van der Waals surface area contributed by atoms with Gasteiger partial charge in [0.1, 0.15) is 11.8 Å². The monoisotopic (exact) mass is 590 g/mol. The third-order valence-electron chi connectivity index (χ3n) is 9.14. The van der Waals surface area contributed by atoms with Crippen LogP contribution in [0, 0.1) is 0 Å². The fraction of sp³-hybridized carbons (Fsp3) is 0.250. The first-order chi connectivity index (χ1) is 20.9. The van der Waals surface area contributed by atoms with Crippen molar-refractivity contribution in [3.8, 4) is 16.9 Å². The molecule has 2 aliphatic heterocycles. The molecule has 0 spiro atoms. The molecule has 2 aliphatic rings. The smallest absolute Gasteiger partial charge is 0.255 e. The SMILES string of the molecule is CN(C)C1CCN(c2ccc(-c3ccc4c(c3)C(=O)N(C(c3cc5ccccc5[nH]3)c3cc(Cl)ccc3O)C4)cc2)CC1. The minimum atomic E-state index is -0.537. The maximum absolute atomic E-state index is 14.1. The summed E-state index contributed by atoms with van der Waals surface area (Å²) in [7, 11) is 4.33. The molecule has 1 atom stereocenters. The summed E-state index contributed by atoms with van der Waals surface area (Å²) in [5.41, 5.74) is 7.38. The number of amides is 1. The van der Waals surface area contributed by atoms with E-state index in [-0.39, 0.29) is 11.7 Å². The molecule has 7 heteroatoms. The summed E-state index contributed by atoms with van der Waals surface area (Å²) in [6.07, 6.45) is 2.34. The molecule has 0 bridgehead atoms. The van der Waals surface area contributed by atoms with E-state index in [1.807, 2.05) is 41.3 Å². The maximum atomic E-state index is 14.1. The predicted molar refractivity (Wildman–Crippen MR) is 174 cm³/mol.